The van der Waals surface area contributed by atoms with Gasteiger partial charge in [-0.2, -0.15) is 9.97 Å². The average molecular weight is 309 g/mol. The van der Waals surface area contributed by atoms with E-state index in [-0.39, 0.29) is 5.95 Å². The summed E-state index contributed by atoms with van der Waals surface area (Å²) in [5.74, 6) is 0.717. The zero-order valence-corrected chi connectivity index (χ0v) is 12.4. The molecular weight excluding hydrogens is 294 g/mol. The van der Waals surface area contributed by atoms with E-state index < -0.39 is 11.1 Å². The van der Waals surface area contributed by atoms with Gasteiger partial charge in [0.15, 0.2) is 5.16 Å². The van der Waals surface area contributed by atoms with Crippen LogP contribution >= 0.6 is 11.8 Å². The van der Waals surface area contributed by atoms with Crippen molar-refractivity contribution < 1.29 is 0 Å². The number of hydrogen-bond acceptors (Lipinski definition) is 8. The molecule has 9 nitrogen and oxygen atoms in total. The predicted molar refractivity (Wildman–Crippen MR) is 79.4 cm³/mol. The van der Waals surface area contributed by atoms with Crippen molar-refractivity contribution in [2.24, 2.45) is 7.05 Å². The van der Waals surface area contributed by atoms with E-state index >= 15 is 0 Å². The first-order valence-corrected chi connectivity index (χ1v) is 7.05. The molecule has 0 aliphatic heterocycles. The van der Waals surface area contributed by atoms with Crippen molar-refractivity contribution in [3.05, 3.63) is 26.8 Å². The lowest BCUT2D eigenvalue weighted by Gasteiger charge is -2.08. The number of nitrogens with two attached hydrogens (primary N) is 1. The number of aromatic amines is 1. The predicted octanol–water partition coefficient (Wildman–Crippen LogP) is -0.186. The summed E-state index contributed by atoms with van der Waals surface area (Å²) in [4.78, 5) is 34.3. The van der Waals surface area contributed by atoms with Crippen LogP contribution in [0.15, 0.2) is 25.8 Å². The van der Waals surface area contributed by atoms with Crippen molar-refractivity contribution in [2.75, 3.05) is 17.6 Å². The first-order valence-electron chi connectivity index (χ1n) is 6.23. The largest absolute Gasteiger partial charge is 0.370 e. The van der Waals surface area contributed by atoms with E-state index in [9.17, 15) is 9.59 Å². The van der Waals surface area contributed by atoms with Gasteiger partial charge < -0.3 is 11.1 Å². The van der Waals surface area contributed by atoms with Gasteiger partial charge in [0.2, 0.25) is 5.95 Å². The lowest BCUT2D eigenvalue weighted by molar-refractivity contribution is 0.596. The maximum Gasteiger partial charge on any atom is 0.339 e. The summed E-state index contributed by atoms with van der Waals surface area (Å²) in [6.07, 6.45) is 0.947. The molecule has 0 fully saturated rings. The van der Waals surface area contributed by atoms with Gasteiger partial charge in [0, 0.05) is 19.7 Å². The Labute approximate surface area is 124 Å². The maximum absolute atomic E-state index is 11.3. The van der Waals surface area contributed by atoms with Gasteiger partial charge in [0.25, 0.3) is 0 Å². The van der Waals surface area contributed by atoms with Crippen LogP contribution in [0.1, 0.15) is 13.3 Å². The molecule has 2 rings (SSSR count). The molecule has 10 heteroatoms. The van der Waals surface area contributed by atoms with E-state index in [0.29, 0.717) is 16.0 Å². The van der Waals surface area contributed by atoms with Crippen molar-refractivity contribution >= 4 is 23.5 Å². The Hall–Kier alpha value is -2.36. The van der Waals surface area contributed by atoms with Crippen LogP contribution in [0.3, 0.4) is 0 Å². The number of anilines is 2. The molecule has 0 atom stereocenters. The average Bonchev–Trinajstić information content (AvgIpc) is 2.42. The van der Waals surface area contributed by atoms with Crippen LogP contribution in [0.5, 0.6) is 0 Å². The van der Waals surface area contributed by atoms with Gasteiger partial charge in [-0.15, -0.1) is 0 Å². The van der Waals surface area contributed by atoms with Crippen LogP contribution in [0.2, 0.25) is 0 Å². The number of nitrogen functional groups attached to an aromatic ring is 1. The highest BCUT2D eigenvalue weighted by Gasteiger charge is 2.09. The van der Waals surface area contributed by atoms with E-state index in [4.69, 9.17) is 5.73 Å². The number of nitrogens with zero attached hydrogens (tertiary/aromatic N) is 4. The summed E-state index contributed by atoms with van der Waals surface area (Å²) < 4.78 is 1.35. The SMILES string of the molecule is CCCNc1cc(Sc2nc(=O)c(=O)[nH]n2C)nc(N)n1. The van der Waals surface area contributed by atoms with Crippen molar-refractivity contribution in [3.8, 4) is 0 Å². The molecule has 2 heterocycles. The number of aryl methyl sites for hydroxylation is 1. The molecule has 0 bridgehead atoms. The van der Waals surface area contributed by atoms with Crippen LogP contribution in [-0.4, -0.2) is 31.3 Å². The minimum atomic E-state index is -0.845. The lowest BCUT2D eigenvalue weighted by Crippen LogP contribution is -2.33. The minimum absolute atomic E-state index is 0.119. The van der Waals surface area contributed by atoms with E-state index in [1.807, 2.05) is 6.92 Å². The van der Waals surface area contributed by atoms with E-state index in [0.717, 1.165) is 24.7 Å². The Balaban J connectivity index is 2.31. The smallest absolute Gasteiger partial charge is 0.339 e. The van der Waals surface area contributed by atoms with Crippen molar-refractivity contribution in [1.82, 2.24) is 24.7 Å². The van der Waals surface area contributed by atoms with Crippen LogP contribution in [0, 0.1) is 0 Å². The summed E-state index contributed by atoms with van der Waals surface area (Å²) in [7, 11) is 1.58. The van der Waals surface area contributed by atoms with Crippen molar-refractivity contribution in [2.45, 2.75) is 23.5 Å². The molecule has 4 N–H and O–H groups in total. The van der Waals surface area contributed by atoms with Gasteiger partial charge in [0.1, 0.15) is 10.8 Å². The fourth-order valence-corrected chi connectivity index (χ4v) is 2.29. The summed E-state index contributed by atoms with van der Waals surface area (Å²) >= 11 is 1.11. The number of hydrogen-bond donors (Lipinski definition) is 3. The zero-order chi connectivity index (χ0) is 15.4. The quantitative estimate of drug-likeness (QED) is 0.511. The molecule has 2 aromatic rings. The van der Waals surface area contributed by atoms with Gasteiger partial charge in [-0.25, -0.2) is 4.98 Å². The molecule has 0 unspecified atom stereocenters. The summed E-state index contributed by atoms with van der Waals surface area (Å²) in [6, 6.07) is 1.70. The molecule has 0 amide bonds. The van der Waals surface area contributed by atoms with Gasteiger partial charge in [-0.1, -0.05) is 6.92 Å². The van der Waals surface area contributed by atoms with E-state index in [1.54, 1.807) is 13.1 Å². The zero-order valence-electron chi connectivity index (χ0n) is 11.6. The molecular formula is C11H15N7O2S. The molecule has 0 saturated carbocycles. The molecule has 21 heavy (non-hydrogen) atoms. The third-order valence-corrected chi connectivity index (χ3v) is 3.39. The topological polar surface area (TPSA) is 132 Å². The Morgan fingerprint density at radius 3 is 2.86 bits per heavy atom. The van der Waals surface area contributed by atoms with E-state index in [2.05, 4.69) is 25.4 Å². The fraction of sp³-hybridized carbons (Fsp3) is 0.364. The molecule has 2 aromatic heterocycles. The summed E-state index contributed by atoms with van der Waals surface area (Å²) in [5.41, 5.74) is 4.04. The van der Waals surface area contributed by atoms with Gasteiger partial charge in [-0.05, 0) is 18.2 Å². The molecule has 0 aliphatic carbocycles. The Bertz CT molecular complexity index is 755. The second-order valence-electron chi connectivity index (χ2n) is 4.18. The second kappa shape index (κ2) is 6.39. The van der Waals surface area contributed by atoms with Crippen molar-refractivity contribution in [1.29, 1.82) is 0 Å². The molecule has 0 radical (unpaired) electrons. The number of rotatable bonds is 5. The molecule has 0 spiro atoms. The van der Waals surface area contributed by atoms with Crippen LogP contribution in [-0.2, 0) is 7.05 Å². The first-order chi connectivity index (χ1) is 9.99. The lowest BCUT2D eigenvalue weighted by atomic mass is 10.4. The summed E-state index contributed by atoms with van der Waals surface area (Å²) in [6.45, 7) is 2.79. The number of H-pyrrole nitrogens is 1. The highest BCUT2D eigenvalue weighted by Crippen LogP contribution is 2.24. The third kappa shape index (κ3) is 3.81. The molecule has 0 aromatic carbocycles. The minimum Gasteiger partial charge on any atom is -0.370 e. The number of nitrogens with one attached hydrogen (secondary N) is 2. The highest BCUT2D eigenvalue weighted by molar-refractivity contribution is 7.99. The second-order valence-corrected chi connectivity index (χ2v) is 5.17. The third-order valence-electron chi connectivity index (χ3n) is 2.42. The van der Waals surface area contributed by atoms with Crippen LogP contribution in [0.4, 0.5) is 11.8 Å². The maximum atomic E-state index is 11.3. The Morgan fingerprint density at radius 1 is 1.38 bits per heavy atom. The molecule has 0 saturated heterocycles. The Kier molecular flexibility index (Phi) is 4.58. The van der Waals surface area contributed by atoms with Crippen LogP contribution < -0.4 is 22.2 Å². The van der Waals surface area contributed by atoms with Gasteiger partial charge >= 0.3 is 11.1 Å². The Morgan fingerprint density at radius 2 is 2.14 bits per heavy atom. The monoisotopic (exact) mass is 309 g/mol. The molecule has 112 valence electrons. The standard InChI is InChI=1S/C11H15N7O2S/c1-3-4-13-6-5-7(15-10(12)14-6)21-11-16-8(19)9(20)17-18(11)2/h5H,3-4H2,1-2H3,(H,17,20)(H3,12,13,14,15). The first kappa shape index (κ1) is 15.0. The van der Waals surface area contributed by atoms with Gasteiger partial charge in [-0.3, -0.25) is 19.4 Å². The van der Waals surface area contributed by atoms with E-state index in [1.165, 1.54) is 4.68 Å². The fourth-order valence-electron chi connectivity index (χ4n) is 1.48. The normalized spacial score (nSPS) is 10.6. The number of aromatic nitrogens is 5. The highest BCUT2D eigenvalue weighted by atomic mass is 32.2. The van der Waals surface area contributed by atoms with Crippen molar-refractivity contribution in [3.63, 3.8) is 0 Å². The summed E-state index contributed by atoms with van der Waals surface area (Å²) in [5, 5.41) is 6.30. The van der Waals surface area contributed by atoms with Gasteiger partial charge in [0.05, 0.1) is 0 Å². The van der Waals surface area contributed by atoms with Crippen LogP contribution in [0.25, 0.3) is 0 Å². The molecule has 0 aliphatic rings.